The molecule has 84 valence electrons. The standard InChI is InChI=1S/C8H4BrF2N3O2/c9-2-5-4(8(10)11)1-7(14(15)16)13-6(5)3-12/h1,8H,2H2. The van der Waals surface area contributed by atoms with Gasteiger partial charge in [-0.1, -0.05) is 15.9 Å². The van der Waals surface area contributed by atoms with E-state index in [1.807, 2.05) is 0 Å². The largest absolute Gasteiger partial charge is 0.365 e. The average molecular weight is 292 g/mol. The number of nitriles is 1. The number of nitrogens with zero attached hydrogens (tertiary/aromatic N) is 3. The number of alkyl halides is 3. The molecule has 5 nitrogen and oxygen atoms in total. The van der Waals surface area contributed by atoms with E-state index in [0.717, 1.165) is 0 Å². The number of aromatic nitrogens is 1. The predicted octanol–water partition coefficient (Wildman–Crippen LogP) is 2.69. The van der Waals surface area contributed by atoms with Crippen LogP contribution in [0, 0.1) is 21.4 Å². The van der Waals surface area contributed by atoms with Gasteiger partial charge in [0.25, 0.3) is 12.1 Å². The van der Waals surface area contributed by atoms with Gasteiger partial charge in [-0.15, -0.1) is 0 Å². The highest BCUT2D eigenvalue weighted by atomic mass is 79.9. The van der Waals surface area contributed by atoms with Crippen molar-refractivity contribution in [1.82, 2.24) is 4.98 Å². The van der Waals surface area contributed by atoms with E-state index >= 15 is 0 Å². The Hall–Kier alpha value is -1.62. The molecule has 1 heterocycles. The molecule has 0 spiro atoms. The Kier molecular flexibility index (Phi) is 3.84. The van der Waals surface area contributed by atoms with Gasteiger partial charge in [-0.2, -0.15) is 5.26 Å². The van der Waals surface area contributed by atoms with Crippen molar-refractivity contribution in [3.05, 3.63) is 33.0 Å². The maximum Gasteiger partial charge on any atom is 0.365 e. The lowest BCUT2D eigenvalue weighted by Gasteiger charge is -2.05. The third kappa shape index (κ3) is 2.30. The maximum absolute atomic E-state index is 12.6. The zero-order valence-electron chi connectivity index (χ0n) is 7.65. The number of rotatable bonds is 3. The highest BCUT2D eigenvalue weighted by Gasteiger charge is 2.24. The molecule has 1 aromatic heterocycles. The van der Waals surface area contributed by atoms with Crippen molar-refractivity contribution in [3.8, 4) is 6.07 Å². The summed E-state index contributed by atoms with van der Waals surface area (Å²) >= 11 is 2.94. The fraction of sp³-hybridized carbons (Fsp3) is 0.250. The number of nitro groups is 1. The summed E-state index contributed by atoms with van der Waals surface area (Å²) in [6.45, 7) is 0. The second-order valence-corrected chi connectivity index (χ2v) is 3.26. The molecule has 0 radical (unpaired) electrons. The van der Waals surface area contributed by atoms with Gasteiger partial charge in [-0.25, -0.2) is 8.78 Å². The lowest BCUT2D eigenvalue weighted by Crippen LogP contribution is -2.03. The van der Waals surface area contributed by atoms with Crippen LogP contribution in [0.3, 0.4) is 0 Å². The van der Waals surface area contributed by atoms with Crippen molar-refractivity contribution in [3.63, 3.8) is 0 Å². The topological polar surface area (TPSA) is 79.8 Å². The van der Waals surface area contributed by atoms with Crippen molar-refractivity contribution in [2.45, 2.75) is 11.8 Å². The second-order valence-electron chi connectivity index (χ2n) is 2.70. The van der Waals surface area contributed by atoms with Crippen LogP contribution in [-0.2, 0) is 5.33 Å². The van der Waals surface area contributed by atoms with Crippen LogP contribution < -0.4 is 0 Å². The molecule has 0 bridgehead atoms. The van der Waals surface area contributed by atoms with Crippen LogP contribution in [0.4, 0.5) is 14.6 Å². The van der Waals surface area contributed by atoms with E-state index in [2.05, 4.69) is 20.9 Å². The molecule has 1 rings (SSSR count). The quantitative estimate of drug-likeness (QED) is 0.487. The summed E-state index contributed by atoms with van der Waals surface area (Å²) in [6, 6.07) is 2.24. The number of hydrogen-bond acceptors (Lipinski definition) is 4. The molecule has 0 unspecified atom stereocenters. The maximum atomic E-state index is 12.6. The normalized spacial score (nSPS) is 10.2. The summed E-state index contributed by atoms with van der Waals surface area (Å²) in [5.41, 5.74) is -0.931. The summed E-state index contributed by atoms with van der Waals surface area (Å²) in [5, 5.41) is 19.1. The fourth-order valence-electron chi connectivity index (χ4n) is 1.10. The molecular formula is C8H4BrF2N3O2. The fourth-order valence-corrected chi connectivity index (χ4v) is 1.69. The van der Waals surface area contributed by atoms with Crippen LogP contribution in [0.2, 0.25) is 0 Å². The van der Waals surface area contributed by atoms with Gasteiger partial charge < -0.3 is 10.1 Å². The molecule has 0 amide bonds. The number of halogens is 3. The second kappa shape index (κ2) is 4.94. The van der Waals surface area contributed by atoms with Crippen molar-refractivity contribution >= 4 is 21.7 Å². The molecule has 0 aliphatic heterocycles. The summed E-state index contributed by atoms with van der Waals surface area (Å²) in [6.07, 6.45) is -2.89. The zero-order chi connectivity index (χ0) is 12.3. The molecule has 0 saturated carbocycles. The molecule has 1 aromatic rings. The summed E-state index contributed by atoms with van der Waals surface area (Å²) in [5.74, 6) is -0.753. The van der Waals surface area contributed by atoms with Gasteiger partial charge in [0.15, 0.2) is 0 Å². The Morgan fingerprint density at radius 2 is 2.31 bits per heavy atom. The van der Waals surface area contributed by atoms with Gasteiger partial charge in [-0.3, -0.25) is 0 Å². The number of pyridine rings is 1. The van der Waals surface area contributed by atoms with Crippen molar-refractivity contribution in [2.75, 3.05) is 0 Å². The van der Waals surface area contributed by atoms with Gasteiger partial charge >= 0.3 is 5.82 Å². The number of hydrogen-bond donors (Lipinski definition) is 0. The lowest BCUT2D eigenvalue weighted by molar-refractivity contribution is -0.389. The van der Waals surface area contributed by atoms with Gasteiger partial charge in [0.2, 0.25) is 0 Å². The van der Waals surface area contributed by atoms with E-state index in [0.29, 0.717) is 6.07 Å². The molecule has 0 N–H and O–H groups in total. The molecule has 0 fully saturated rings. The average Bonchev–Trinajstić information content (AvgIpc) is 2.26. The Morgan fingerprint density at radius 1 is 1.69 bits per heavy atom. The first-order chi connectivity index (χ1) is 7.51. The van der Waals surface area contributed by atoms with Gasteiger partial charge in [0.05, 0.1) is 0 Å². The van der Waals surface area contributed by atoms with E-state index in [1.54, 1.807) is 6.07 Å². The summed E-state index contributed by atoms with van der Waals surface area (Å²) in [4.78, 5) is 12.9. The van der Waals surface area contributed by atoms with Gasteiger partial charge in [0.1, 0.15) is 6.07 Å². The zero-order valence-corrected chi connectivity index (χ0v) is 9.24. The molecule has 0 aliphatic carbocycles. The molecule has 0 aliphatic rings. The van der Waals surface area contributed by atoms with Crippen LogP contribution >= 0.6 is 15.9 Å². The van der Waals surface area contributed by atoms with Gasteiger partial charge in [-0.05, 0) is 9.91 Å². The molecule has 16 heavy (non-hydrogen) atoms. The molecule has 0 saturated heterocycles. The first-order valence-electron chi connectivity index (χ1n) is 3.93. The highest BCUT2D eigenvalue weighted by molar-refractivity contribution is 9.08. The lowest BCUT2D eigenvalue weighted by atomic mass is 10.1. The first kappa shape index (κ1) is 12.4. The third-order valence-electron chi connectivity index (χ3n) is 1.81. The van der Waals surface area contributed by atoms with Gasteiger partial charge in [0, 0.05) is 22.5 Å². The highest BCUT2D eigenvalue weighted by Crippen LogP contribution is 2.29. The molecule has 8 heteroatoms. The Balaban J connectivity index is 3.51. The van der Waals surface area contributed by atoms with E-state index in [-0.39, 0.29) is 16.6 Å². The Morgan fingerprint density at radius 3 is 2.69 bits per heavy atom. The minimum Gasteiger partial charge on any atom is -0.358 e. The molecule has 0 aromatic carbocycles. The molecular weight excluding hydrogens is 288 g/mol. The predicted molar refractivity (Wildman–Crippen MR) is 53.2 cm³/mol. The van der Waals surface area contributed by atoms with Crippen molar-refractivity contribution in [2.24, 2.45) is 0 Å². The van der Waals surface area contributed by atoms with E-state index in [9.17, 15) is 18.9 Å². The van der Waals surface area contributed by atoms with Crippen molar-refractivity contribution < 1.29 is 13.7 Å². The Bertz CT molecular complexity index is 473. The van der Waals surface area contributed by atoms with Crippen LogP contribution in [0.5, 0.6) is 0 Å². The SMILES string of the molecule is N#Cc1nc([N+](=O)[O-])cc(C(F)F)c1CBr. The van der Waals surface area contributed by atoms with E-state index in [1.165, 1.54) is 0 Å². The van der Waals surface area contributed by atoms with E-state index < -0.39 is 22.7 Å². The van der Waals surface area contributed by atoms with Crippen LogP contribution in [0.1, 0.15) is 23.2 Å². The van der Waals surface area contributed by atoms with E-state index in [4.69, 9.17) is 5.26 Å². The minimum absolute atomic E-state index is 0.0133. The first-order valence-corrected chi connectivity index (χ1v) is 5.05. The monoisotopic (exact) mass is 291 g/mol. The molecule has 0 atom stereocenters. The minimum atomic E-state index is -2.89. The summed E-state index contributed by atoms with van der Waals surface area (Å²) < 4.78 is 25.2. The van der Waals surface area contributed by atoms with Crippen LogP contribution in [0.25, 0.3) is 0 Å². The third-order valence-corrected chi connectivity index (χ3v) is 2.37. The Labute approximate surface area is 97.0 Å². The smallest absolute Gasteiger partial charge is 0.358 e. The van der Waals surface area contributed by atoms with Crippen LogP contribution in [0.15, 0.2) is 6.07 Å². The van der Waals surface area contributed by atoms with Crippen LogP contribution in [-0.4, -0.2) is 9.91 Å². The summed E-state index contributed by atoms with van der Waals surface area (Å²) in [7, 11) is 0. The van der Waals surface area contributed by atoms with Crippen molar-refractivity contribution in [1.29, 1.82) is 5.26 Å².